The van der Waals surface area contributed by atoms with Crippen LogP contribution in [0.1, 0.15) is 36.5 Å². The van der Waals surface area contributed by atoms with Crippen LogP contribution >= 0.6 is 0 Å². The van der Waals surface area contributed by atoms with Crippen LogP contribution in [0.5, 0.6) is 5.75 Å². The number of phenols is 1. The summed E-state index contributed by atoms with van der Waals surface area (Å²) in [7, 11) is 0. The molecular weight excluding hydrogens is 256 g/mol. The molecule has 0 aliphatic rings. The zero-order chi connectivity index (χ0) is 14.9. The Balaban J connectivity index is 1.90. The van der Waals surface area contributed by atoms with Gasteiger partial charge in [-0.05, 0) is 41.7 Å². The molecule has 0 saturated carbocycles. The lowest BCUT2D eigenvalue weighted by Crippen LogP contribution is -1.83. The van der Waals surface area contributed by atoms with E-state index < -0.39 is 0 Å². The molecule has 0 radical (unpaired) electrons. The maximum Gasteiger partial charge on any atom is 0.115 e. The maximum atomic E-state index is 9.22. The summed E-state index contributed by atoms with van der Waals surface area (Å²) >= 11 is 0. The number of phenolic OH excluding ortho intramolecular Hbond substituents is 1. The second-order valence-electron chi connectivity index (χ2n) is 5.15. The average molecular weight is 278 g/mol. The number of rotatable bonds is 6. The topological polar surface area (TPSA) is 20.2 Å². The van der Waals surface area contributed by atoms with Crippen LogP contribution in [0.2, 0.25) is 0 Å². The van der Waals surface area contributed by atoms with E-state index in [1.165, 1.54) is 30.4 Å². The smallest absolute Gasteiger partial charge is 0.115 e. The molecule has 2 aromatic rings. The fourth-order valence-corrected chi connectivity index (χ4v) is 2.10. The molecule has 1 nitrogen and oxygen atoms in total. The van der Waals surface area contributed by atoms with Crippen LogP contribution in [0.25, 0.3) is 12.2 Å². The van der Waals surface area contributed by atoms with Gasteiger partial charge in [0.2, 0.25) is 0 Å². The molecule has 108 valence electrons. The van der Waals surface area contributed by atoms with Gasteiger partial charge < -0.3 is 5.11 Å². The lowest BCUT2D eigenvalue weighted by molar-refractivity contribution is 0.475. The standard InChI is InChI=1S/C20H22O/c1-2-3-6-17-9-11-18(12-10-17)7-4-5-8-19-13-15-20(21)16-14-19/h4-5,7-16,21H,2-3,6H2,1H3. The highest BCUT2D eigenvalue weighted by molar-refractivity contribution is 5.57. The molecule has 0 bridgehead atoms. The first-order valence-corrected chi connectivity index (χ1v) is 7.50. The highest BCUT2D eigenvalue weighted by atomic mass is 16.3. The average Bonchev–Trinajstić information content (AvgIpc) is 2.52. The minimum atomic E-state index is 0.297. The number of aromatic hydroxyl groups is 1. The van der Waals surface area contributed by atoms with E-state index >= 15 is 0 Å². The van der Waals surface area contributed by atoms with E-state index in [2.05, 4.69) is 37.3 Å². The Morgan fingerprint density at radius 1 is 0.810 bits per heavy atom. The Hall–Kier alpha value is -2.28. The van der Waals surface area contributed by atoms with Crippen molar-refractivity contribution in [2.75, 3.05) is 0 Å². The normalized spacial score (nSPS) is 11.5. The number of hydrogen-bond acceptors (Lipinski definition) is 1. The van der Waals surface area contributed by atoms with E-state index in [1.54, 1.807) is 12.1 Å². The van der Waals surface area contributed by atoms with Crippen LogP contribution in [0.3, 0.4) is 0 Å². The van der Waals surface area contributed by atoms with Crippen LogP contribution in [0.15, 0.2) is 60.7 Å². The van der Waals surface area contributed by atoms with Crippen LogP contribution in [0.4, 0.5) is 0 Å². The first-order chi connectivity index (χ1) is 10.3. The third kappa shape index (κ3) is 5.31. The molecule has 1 N–H and O–H groups in total. The van der Waals surface area contributed by atoms with E-state index in [0.717, 1.165) is 5.56 Å². The summed E-state index contributed by atoms with van der Waals surface area (Å²) in [6, 6.07) is 15.9. The van der Waals surface area contributed by atoms with Gasteiger partial charge in [-0.15, -0.1) is 0 Å². The largest absolute Gasteiger partial charge is 0.508 e. The van der Waals surface area contributed by atoms with Crippen LogP contribution < -0.4 is 0 Å². The summed E-state index contributed by atoms with van der Waals surface area (Å²) in [5.74, 6) is 0.297. The lowest BCUT2D eigenvalue weighted by atomic mass is 10.1. The van der Waals surface area contributed by atoms with Crippen molar-refractivity contribution in [2.24, 2.45) is 0 Å². The van der Waals surface area contributed by atoms with Gasteiger partial charge in [0, 0.05) is 0 Å². The summed E-state index contributed by atoms with van der Waals surface area (Å²) in [4.78, 5) is 0. The molecule has 0 amide bonds. The summed E-state index contributed by atoms with van der Waals surface area (Å²) in [6.45, 7) is 2.22. The van der Waals surface area contributed by atoms with Crippen molar-refractivity contribution in [3.63, 3.8) is 0 Å². The van der Waals surface area contributed by atoms with Gasteiger partial charge >= 0.3 is 0 Å². The van der Waals surface area contributed by atoms with Gasteiger partial charge in [-0.1, -0.05) is 74.0 Å². The Morgan fingerprint density at radius 2 is 1.33 bits per heavy atom. The van der Waals surface area contributed by atoms with Gasteiger partial charge in [-0.2, -0.15) is 0 Å². The molecule has 21 heavy (non-hydrogen) atoms. The molecule has 0 aliphatic heterocycles. The molecule has 0 unspecified atom stereocenters. The Morgan fingerprint density at radius 3 is 1.86 bits per heavy atom. The molecule has 0 saturated heterocycles. The quantitative estimate of drug-likeness (QED) is 0.695. The van der Waals surface area contributed by atoms with Crippen LogP contribution in [0, 0.1) is 0 Å². The molecule has 0 heterocycles. The first-order valence-electron chi connectivity index (χ1n) is 7.50. The fraction of sp³-hybridized carbons (Fsp3) is 0.200. The predicted octanol–water partition coefficient (Wildman–Crippen LogP) is 5.46. The highest BCUT2D eigenvalue weighted by Gasteiger charge is 1.92. The second-order valence-corrected chi connectivity index (χ2v) is 5.15. The zero-order valence-electron chi connectivity index (χ0n) is 12.5. The van der Waals surface area contributed by atoms with Gasteiger partial charge in [0.15, 0.2) is 0 Å². The van der Waals surface area contributed by atoms with Crippen molar-refractivity contribution in [1.82, 2.24) is 0 Å². The van der Waals surface area contributed by atoms with Crippen molar-refractivity contribution in [1.29, 1.82) is 0 Å². The van der Waals surface area contributed by atoms with E-state index in [0.29, 0.717) is 5.75 Å². The summed E-state index contributed by atoms with van der Waals surface area (Å²) < 4.78 is 0. The minimum absolute atomic E-state index is 0.297. The molecule has 0 fully saturated rings. The van der Waals surface area contributed by atoms with Gasteiger partial charge in [-0.3, -0.25) is 0 Å². The Labute approximate surface area is 127 Å². The molecule has 0 atom stereocenters. The van der Waals surface area contributed by atoms with Gasteiger partial charge in [-0.25, -0.2) is 0 Å². The number of aryl methyl sites for hydroxylation is 1. The predicted molar refractivity (Wildman–Crippen MR) is 91.2 cm³/mol. The third-order valence-electron chi connectivity index (χ3n) is 3.38. The fourth-order valence-electron chi connectivity index (χ4n) is 2.10. The minimum Gasteiger partial charge on any atom is -0.508 e. The number of unbranched alkanes of at least 4 members (excludes halogenated alkanes) is 1. The number of hydrogen-bond donors (Lipinski definition) is 1. The molecule has 2 aromatic carbocycles. The van der Waals surface area contributed by atoms with Crippen LogP contribution in [-0.4, -0.2) is 5.11 Å². The van der Waals surface area contributed by atoms with Gasteiger partial charge in [0.05, 0.1) is 0 Å². The summed E-state index contributed by atoms with van der Waals surface area (Å²) in [6.07, 6.45) is 11.8. The van der Waals surface area contributed by atoms with Crippen molar-refractivity contribution >= 4 is 12.2 Å². The van der Waals surface area contributed by atoms with E-state index in [9.17, 15) is 5.11 Å². The van der Waals surface area contributed by atoms with Crippen molar-refractivity contribution in [3.8, 4) is 5.75 Å². The van der Waals surface area contributed by atoms with Crippen molar-refractivity contribution < 1.29 is 5.11 Å². The first kappa shape index (κ1) is 15.1. The summed E-state index contributed by atoms with van der Waals surface area (Å²) in [5, 5.41) is 9.22. The molecular formula is C20H22O. The second kappa shape index (κ2) is 8.11. The molecule has 0 aromatic heterocycles. The van der Waals surface area contributed by atoms with E-state index in [1.807, 2.05) is 30.4 Å². The van der Waals surface area contributed by atoms with Gasteiger partial charge in [0.1, 0.15) is 5.75 Å². The number of benzene rings is 2. The van der Waals surface area contributed by atoms with Crippen molar-refractivity contribution in [2.45, 2.75) is 26.2 Å². The van der Waals surface area contributed by atoms with E-state index in [-0.39, 0.29) is 0 Å². The molecule has 0 aliphatic carbocycles. The SMILES string of the molecule is CCCCc1ccc(C=CC=Cc2ccc(O)cc2)cc1. The monoisotopic (exact) mass is 278 g/mol. The highest BCUT2D eigenvalue weighted by Crippen LogP contribution is 2.12. The van der Waals surface area contributed by atoms with Crippen molar-refractivity contribution in [3.05, 3.63) is 77.4 Å². The maximum absolute atomic E-state index is 9.22. The molecule has 2 rings (SSSR count). The molecule has 0 spiro atoms. The Bertz CT molecular complexity index is 589. The third-order valence-corrected chi connectivity index (χ3v) is 3.38. The van der Waals surface area contributed by atoms with Crippen LogP contribution in [-0.2, 0) is 6.42 Å². The number of allylic oxidation sites excluding steroid dienone is 2. The van der Waals surface area contributed by atoms with E-state index in [4.69, 9.17) is 0 Å². The summed E-state index contributed by atoms with van der Waals surface area (Å²) in [5.41, 5.74) is 3.70. The lowest BCUT2D eigenvalue weighted by Gasteiger charge is -2.00. The van der Waals surface area contributed by atoms with Gasteiger partial charge in [0.25, 0.3) is 0 Å². The zero-order valence-corrected chi connectivity index (χ0v) is 12.5. The Kier molecular flexibility index (Phi) is 5.83. The molecule has 1 heteroatoms.